The maximum Gasteiger partial charge on any atom is 0.242 e. The topological polar surface area (TPSA) is 86.5 Å². The Morgan fingerprint density at radius 1 is 1.19 bits per heavy atom. The van der Waals surface area contributed by atoms with E-state index in [-0.39, 0.29) is 12.1 Å². The molecule has 2 atom stereocenters. The largest absolute Gasteiger partial charge is 0.494 e. The number of carbonyl (C=O) groups is 1. The number of nitrogens with one attached hydrogen (secondary N) is 5. The van der Waals surface area contributed by atoms with Crippen molar-refractivity contribution < 1.29 is 9.53 Å². The highest BCUT2D eigenvalue weighted by atomic mass is 35.5. The van der Waals surface area contributed by atoms with Crippen molar-refractivity contribution in [2.75, 3.05) is 11.9 Å². The highest BCUT2D eigenvalue weighted by Gasteiger charge is 2.32. The number of halogens is 1. The Morgan fingerprint density at radius 3 is 2.74 bits per heavy atom. The van der Waals surface area contributed by atoms with Crippen LogP contribution in [0.25, 0.3) is 0 Å². The highest BCUT2D eigenvalue weighted by molar-refractivity contribution is 6.30. The van der Waals surface area contributed by atoms with Crippen LogP contribution in [0.1, 0.15) is 18.9 Å². The first-order valence-corrected chi connectivity index (χ1v) is 9.31. The molecule has 0 radical (unpaired) electrons. The zero-order valence-corrected chi connectivity index (χ0v) is 15.8. The van der Waals surface area contributed by atoms with Gasteiger partial charge in [0.05, 0.1) is 6.61 Å². The summed E-state index contributed by atoms with van der Waals surface area (Å²) in [5.74, 6) is 0.710. The summed E-state index contributed by atoms with van der Waals surface area (Å²) in [6.45, 7) is 3.21. The molecule has 1 fully saturated rings. The molecule has 1 amide bonds. The number of hydrogen-bond donors (Lipinski definition) is 5. The standard InChI is InChI=1S/C19H24ClN5O2/c1-2-10-27-16-8-6-13(7-9-16)12-21-19(26)17-18(24-25-23-17)22-15-5-3-4-14(20)11-15/h3-9,11,17-18,22-25H,2,10,12H2,1H3,(H,21,26). The van der Waals surface area contributed by atoms with Gasteiger partial charge in [-0.3, -0.25) is 4.79 Å². The van der Waals surface area contributed by atoms with Gasteiger partial charge in [-0.15, -0.1) is 0 Å². The van der Waals surface area contributed by atoms with Crippen LogP contribution in [-0.4, -0.2) is 24.7 Å². The van der Waals surface area contributed by atoms with E-state index in [1.807, 2.05) is 36.4 Å². The van der Waals surface area contributed by atoms with Crippen molar-refractivity contribution in [3.63, 3.8) is 0 Å². The summed E-state index contributed by atoms with van der Waals surface area (Å²) >= 11 is 6.01. The SMILES string of the molecule is CCCOc1ccc(CNC(=O)C2NNNC2Nc2cccc(Cl)c2)cc1. The van der Waals surface area contributed by atoms with Crippen LogP contribution in [0.2, 0.25) is 5.02 Å². The van der Waals surface area contributed by atoms with Crippen molar-refractivity contribution in [2.45, 2.75) is 32.1 Å². The molecule has 1 saturated heterocycles. The summed E-state index contributed by atoms with van der Waals surface area (Å²) in [7, 11) is 0. The molecule has 0 bridgehead atoms. The second-order valence-corrected chi connectivity index (χ2v) is 6.67. The maximum absolute atomic E-state index is 12.6. The second kappa shape index (κ2) is 9.57. The molecule has 3 rings (SSSR count). The fourth-order valence-electron chi connectivity index (χ4n) is 2.68. The Labute approximate surface area is 163 Å². The smallest absolute Gasteiger partial charge is 0.242 e. The van der Waals surface area contributed by atoms with Crippen molar-refractivity contribution in [2.24, 2.45) is 0 Å². The van der Waals surface area contributed by atoms with Crippen LogP contribution < -0.4 is 31.8 Å². The minimum atomic E-state index is -0.490. The predicted octanol–water partition coefficient (Wildman–Crippen LogP) is 2.16. The van der Waals surface area contributed by atoms with Gasteiger partial charge in [-0.05, 0) is 42.3 Å². The lowest BCUT2D eigenvalue weighted by atomic mass is 10.2. The maximum atomic E-state index is 12.6. The van der Waals surface area contributed by atoms with Gasteiger partial charge in [-0.2, -0.15) is 5.53 Å². The molecule has 7 nitrogen and oxygen atoms in total. The van der Waals surface area contributed by atoms with Crippen molar-refractivity contribution in [3.05, 3.63) is 59.1 Å². The molecule has 8 heteroatoms. The van der Waals surface area contributed by atoms with Crippen LogP contribution in [0.15, 0.2) is 48.5 Å². The first-order chi connectivity index (χ1) is 13.2. The molecular weight excluding hydrogens is 366 g/mol. The van der Waals surface area contributed by atoms with E-state index < -0.39 is 6.04 Å². The molecule has 144 valence electrons. The lowest BCUT2D eigenvalue weighted by Gasteiger charge is -2.20. The molecule has 2 aromatic rings. The van der Waals surface area contributed by atoms with E-state index in [2.05, 4.69) is 33.9 Å². The molecule has 0 aliphatic carbocycles. The normalized spacial score (nSPS) is 18.9. The van der Waals surface area contributed by atoms with Crippen molar-refractivity contribution in [3.8, 4) is 5.75 Å². The molecule has 0 aromatic heterocycles. The van der Waals surface area contributed by atoms with Crippen molar-refractivity contribution in [1.29, 1.82) is 0 Å². The lowest BCUT2D eigenvalue weighted by molar-refractivity contribution is -0.123. The molecule has 1 aliphatic heterocycles. The van der Waals surface area contributed by atoms with E-state index in [1.54, 1.807) is 12.1 Å². The Bertz CT molecular complexity index is 756. The van der Waals surface area contributed by atoms with Crippen LogP contribution in [0.3, 0.4) is 0 Å². The van der Waals surface area contributed by atoms with Crippen LogP contribution in [0, 0.1) is 0 Å². The highest BCUT2D eigenvalue weighted by Crippen LogP contribution is 2.16. The average Bonchev–Trinajstić information content (AvgIpc) is 3.13. The van der Waals surface area contributed by atoms with Gasteiger partial charge in [0.2, 0.25) is 5.91 Å². The number of amides is 1. The number of ether oxygens (including phenoxy) is 1. The van der Waals surface area contributed by atoms with Gasteiger partial charge in [0.25, 0.3) is 0 Å². The van der Waals surface area contributed by atoms with Crippen LogP contribution in [-0.2, 0) is 11.3 Å². The van der Waals surface area contributed by atoms with E-state index in [1.165, 1.54) is 0 Å². The summed E-state index contributed by atoms with van der Waals surface area (Å²) < 4.78 is 5.56. The second-order valence-electron chi connectivity index (χ2n) is 6.23. The van der Waals surface area contributed by atoms with E-state index >= 15 is 0 Å². The molecular formula is C19H24ClN5O2. The summed E-state index contributed by atoms with van der Waals surface area (Å²) in [5.41, 5.74) is 10.5. The summed E-state index contributed by atoms with van der Waals surface area (Å²) in [6.07, 6.45) is 0.645. The molecule has 1 aliphatic rings. The zero-order valence-electron chi connectivity index (χ0n) is 15.1. The third-order valence-electron chi connectivity index (χ3n) is 4.08. The number of anilines is 1. The molecule has 2 unspecified atom stereocenters. The zero-order chi connectivity index (χ0) is 19.1. The summed E-state index contributed by atoms with van der Waals surface area (Å²) in [5, 5.41) is 6.81. The number of hydrazine groups is 2. The molecule has 2 aromatic carbocycles. The summed E-state index contributed by atoms with van der Waals surface area (Å²) in [6, 6.07) is 14.6. The number of rotatable bonds is 8. The van der Waals surface area contributed by atoms with Crippen molar-refractivity contribution >= 4 is 23.2 Å². The van der Waals surface area contributed by atoms with E-state index in [0.717, 1.165) is 23.4 Å². The number of benzene rings is 2. The monoisotopic (exact) mass is 389 g/mol. The third kappa shape index (κ3) is 5.58. The first kappa shape index (κ1) is 19.4. The number of hydrogen-bond acceptors (Lipinski definition) is 6. The molecule has 27 heavy (non-hydrogen) atoms. The van der Waals surface area contributed by atoms with Crippen LogP contribution in [0.5, 0.6) is 5.75 Å². The van der Waals surface area contributed by atoms with E-state index in [0.29, 0.717) is 18.2 Å². The van der Waals surface area contributed by atoms with Gasteiger partial charge in [0.1, 0.15) is 18.0 Å². The van der Waals surface area contributed by atoms with Crippen LogP contribution in [0.4, 0.5) is 5.69 Å². The molecule has 5 N–H and O–H groups in total. The number of carbonyl (C=O) groups excluding carboxylic acids is 1. The molecule has 0 spiro atoms. The van der Waals surface area contributed by atoms with Gasteiger partial charge < -0.3 is 15.4 Å². The van der Waals surface area contributed by atoms with Crippen molar-refractivity contribution in [1.82, 2.24) is 21.7 Å². The summed E-state index contributed by atoms with van der Waals surface area (Å²) in [4.78, 5) is 12.6. The van der Waals surface area contributed by atoms with E-state index in [9.17, 15) is 4.79 Å². The Kier molecular flexibility index (Phi) is 6.89. The predicted molar refractivity (Wildman–Crippen MR) is 106 cm³/mol. The van der Waals surface area contributed by atoms with E-state index in [4.69, 9.17) is 16.3 Å². The minimum absolute atomic E-state index is 0.127. The fraction of sp³-hybridized carbons (Fsp3) is 0.316. The fourth-order valence-corrected chi connectivity index (χ4v) is 2.87. The Balaban J connectivity index is 1.52. The van der Waals surface area contributed by atoms with Gasteiger partial charge in [0, 0.05) is 17.3 Å². The van der Waals surface area contributed by atoms with Gasteiger partial charge in [-0.1, -0.05) is 36.7 Å². The third-order valence-corrected chi connectivity index (χ3v) is 4.32. The average molecular weight is 390 g/mol. The molecule has 0 saturated carbocycles. The Morgan fingerprint density at radius 2 is 2.00 bits per heavy atom. The van der Waals surface area contributed by atoms with Crippen LogP contribution >= 0.6 is 11.6 Å². The van der Waals surface area contributed by atoms with Gasteiger partial charge >= 0.3 is 0 Å². The minimum Gasteiger partial charge on any atom is -0.494 e. The first-order valence-electron chi connectivity index (χ1n) is 8.93. The Hall–Kier alpha value is -2.32. The lowest BCUT2D eigenvalue weighted by Crippen LogP contribution is -2.50. The van der Waals surface area contributed by atoms with Gasteiger partial charge in [0.15, 0.2) is 0 Å². The molecule has 1 heterocycles. The van der Waals surface area contributed by atoms with Gasteiger partial charge in [-0.25, -0.2) is 10.9 Å². The quantitative estimate of drug-likeness (QED) is 0.475.